The van der Waals surface area contributed by atoms with Crippen molar-refractivity contribution in [3.8, 4) is 11.3 Å². The van der Waals surface area contributed by atoms with Crippen LogP contribution in [0.5, 0.6) is 0 Å². The van der Waals surface area contributed by atoms with Gasteiger partial charge in [0, 0.05) is 24.6 Å². The van der Waals surface area contributed by atoms with Gasteiger partial charge in [-0.15, -0.1) is 0 Å². The van der Waals surface area contributed by atoms with Crippen molar-refractivity contribution in [2.75, 3.05) is 6.54 Å². The molecule has 0 aliphatic carbocycles. The van der Waals surface area contributed by atoms with E-state index in [0.29, 0.717) is 0 Å². The molecule has 0 aliphatic rings. The smallest absolute Gasteiger partial charge is 0.0497 e. The van der Waals surface area contributed by atoms with Gasteiger partial charge in [-0.3, -0.25) is 0 Å². The van der Waals surface area contributed by atoms with Crippen molar-refractivity contribution < 1.29 is 0 Å². The van der Waals surface area contributed by atoms with E-state index in [-0.39, 0.29) is 0 Å². The highest BCUT2D eigenvalue weighted by Crippen LogP contribution is 2.33. The fourth-order valence-electron chi connectivity index (χ4n) is 2.79. The SMILES string of the molecule is NCCCCc1c(-c2ccc(Br)cc2)[nH]c2ccc(I)cc12. The molecule has 1 aromatic heterocycles. The number of unbranched alkanes of at least 4 members (excludes halogenated alkanes) is 1. The van der Waals surface area contributed by atoms with Crippen molar-refractivity contribution in [2.45, 2.75) is 19.3 Å². The van der Waals surface area contributed by atoms with Crippen LogP contribution in [-0.4, -0.2) is 11.5 Å². The fourth-order valence-corrected chi connectivity index (χ4v) is 3.54. The molecule has 1 heterocycles. The number of nitrogens with one attached hydrogen (secondary N) is 1. The Bertz CT molecular complexity index is 778. The zero-order chi connectivity index (χ0) is 15.5. The van der Waals surface area contributed by atoms with E-state index in [1.54, 1.807) is 0 Å². The molecule has 0 atom stereocenters. The molecule has 3 aromatic rings. The van der Waals surface area contributed by atoms with E-state index < -0.39 is 0 Å². The predicted molar refractivity (Wildman–Crippen MR) is 106 cm³/mol. The van der Waals surface area contributed by atoms with Crippen molar-refractivity contribution >= 4 is 49.4 Å². The van der Waals surface area contributed by atoms with Gasteiger partial charge in [-0.05, 0) is 89.9 Å². The topological polar surface area (TPSA) is 41.8 Å². The van der Waals surface area contributed by atoms with Gasteiger partial charge in [0.1, 0.15) is 0 Å². The Labute approximate surface area is 152 Å². The maximum absolute atomic E-state index is 5.66. The van der Waals surface area contributed by atoms with Crippen LogP contribution >= 0.6 is 38.5 Å². The molecule has 114 valence electrons. The Morgan fingerprint density at radius 1 is 1.05 bits per heavy atom. The van der Waals surface area contributed by atoms with E-state index in [4.69, 9.17) is 5.73 Å². The molecule has 0 amide bonds. The number of aromatic nitrogens is 1. The highest BCUT2D eigenvalue weighted by molar-refractivity contribution is 14.1. The van der Waals surface area contributed by atoms with Crippen molar-refractivity contribution in [3.63, 3.8) is 0 Å². The molecule has 4 heteroatoms. The van der Waals surface area contributed by atoms with Crippen LogP contribution in [-0.2, 0) is 6.42 Å². The second-order valence-electron chi connectivity index (χ2n) is 5.42. The molecular formula is C18H18BrIN2. The summed E-state index contributed by atoms with van der Waals surface area (Å²) in [6, 6.07) is 15.1. The lowest BCUT2D eigenvalue weighted by molar-refractivity contribution is 0.748. The zero-order valence-corrected chi connectivity index (χ0v) is 15.9. The summed E-state index contributed by atoms with van der Waals surface area (Å²) in [7, 11) is 0. The van der Waals surface area contributed by atoms with Crippen LogP contribution in [0.2, 0.25) is 0 Å². The highest BCUT2D eigenvalue weighted by Gasteiger charge is 2.13. The molecule has 0 bridgehead atoms. The summed E-state index contributed by atoms with van der Waals surface area (Å²) >= 11 is 5.88. The summed E-state index contributed by atoms with van der Waals surface area (Å²) in [6.45, 7) is 0.757. The number of nitrogens with two attached hydrogens (primary N) is 1. The third-order valence-electron chi connectivity index (χ3n) is 3.88. The number of benzene rings is 2. The largest absolute Gasteiger partial charge is 0.354 e. The van der Waals surface area contributed by atoms with Crippen molar-refractivity contribution in [2.24, 2.45) is 5.73 Å². The standard InChI is InChI=1S/C18H18BrIN2/c19-13-6-4-12(5-7-13)18-15(3-1-2-10-21)16-11-14(20)8-9-17(16)22-18/h4-9,11,22H,1-3,10,21H2. The van der Waals surface area contributed by atoms with E-state index in [0.717, 1.165) is 30.3 Å². The van der Waals surface area contributed by atoms with Gasteiger partial charge in [-0.1, -0.05) is 28.1 Å². The number of rotatable bonds is 5. The molecule has 0 radical (unpaired) electrons. The highest BCUT2D eigenvalue weighted by atomic mass is 127. The fraction of sp³-hybridized carbons (Fsp3) is 0.222. The summed E-state index contributed by atoms with van der Waals surface area (Å²) < 4.78 is 2.37. The average Bonchev–Trinajstić information content (AvgIpc) is 2.86. The van der Waals surface area contributed by atoms with Crippen molar-refractivity contribution in [1.29, 1.82) is 0 Å². The molecule has 0 saturated heterocycles. The summed E-state index contributed by atoms with van der Waals surface area (Å²) in [5, 5.41) is 1.34. The van der Waals surface area contributed by atoms with E-state index in [1.165, 1.54) is 31.3 Å². The summed E-state index contributed by atoms with van der Waals surface area (Å²) in [5.74, 6) is 0. The molecular weight excluding hydrogens is 451 g/mol. The number of fused-ring (bicyclic) bond motifs is 1. The van der Waals surface area contributed by atoms with Crippen molar-refractivity contribution in [3.05, 3.63) is 56.1 Å². The van der Waals surface area contributed by atoms with Gasteiger partial charge in [0.15, 0.2) is 0 Å². The normalized spacial score (nSPS) is 11.2. The molecule has 0 unspecified atom stereocenters. The van der Waals surface area contributed by atoms with Crippen LogP contribution < -0.4 is 5.73 Å². The van der Waals surface area contributed by atoms with Gasteiger partial charge in [-0.2, -0.15) is 0 Å². The van der Waals surface area contributed by atoms with Crippen molar-refractivity contribution in [1.82, 2.24) is 4.98 Å². The molecule has 0 fully saturated rings. The third kappa shape index (κ3) is 3.39. The van der Waals surface area contributed by atoms with Gasteiger partial charge >= 0.3 is 0 Å². The van der Waals surface area contributed by atoms with Crippen LogP contribution in [0.4, 0.5) is 0 Å². The Hall–Kier alpha value is -0.850. The summed E-state index contributed by atoms with van der Waals surface area (Å²) in [6.07, 6.45) is 3.25. The Morgan fingerprint density at radius 3 is 2.55 bits per heavy atom. The van der Waals surface area contributed by atoms with Crippen LogP contribution in [0, 0.1) is 3.57 Å². The Morgan fingerprint density at radius 2 is 1.82 bits per heavy atom. The Balaban J connectivity index is 2.10. The number of aromatic amines is 1. The first-order chi connectivity index (χ1) is 10.7. The molecule has 0 aliphatic heterocycles. The second-order valence-corrected chi connectivity index (χ2v) is 7.58. The predicted octanol–water partition coefficient (Wildman–Crippen LogP) is 5.48. The minimum Gasteiger partial charge on any atom is -0.354 e. The first-order valence-electron chi connectivity index (χ1n) is 7.45. The minimum absolute atomic E-state index is 0.757. The number of hydrogen-bond donors (Lipinski definition) is 2. The average molecular weight is 469 g/mol. The van der Waals surface area contributed by atoms with Gasteiger partial charge in [0.2, 0.25) is 0 Å². The van der Waals surface area contributed by atoms with Crippen LogP contribution in [0.3, 0.4) is 0 Å². The minimum atomic E-state index is 0.757. The summed E-state index contributed by atoms with van der Waals surface area (Å²) in [5.41, 5.74) is 10.7. The molecule has 3 N–H and O–H groups in total. The molecule has 3 rings (SSSR count). The van der Waals surface area contributed by atoms with E-state index in [9.17, 15) is 0 Å². The Kier molecular flexibility index (Phi) is 5.21. The monoisotopic (exact) mass is 468 g/mol. The van der Waals surface area contributed by atoms with E-state index in [1.807, 2.05) is 0 Å². The van der Waals surface area contributed by atoms with Crippen LogP contribution in [0.15, 0.2) is 46.9 Å². The molecule has 2 aromatic carbocycles. The van der Waals surface area contributed by atoms with Gasteiger partial charge in [0.25, 0.3) is 0 Å². The molecule has 2 nitrogen and oxygen atoms in total. The maximum atomic E-state index is 5.66. The summed E-state index contributed by atoms with van der Waals surface area (Å²) in [4.78, 5) is 3.60. The first-order valence-corrected chi connectivity index (χ1v) is 9.32. The first kappa shape index (κ1) is 16.0. The number of halogens is 2. The molecule has 22 heavy (non-hydrogen) atoms. The van der Waals surface area contributed by atoms with E-state index in [2.05, 4.69) is 86.0 Å². The zero-order valence-electron chi connectivity index (χ0n) is 12.2. The number of hydrogen-bond acceptors (Lipinski definition) is 1. The van der Waals surface area contributed by atoms with Crippen LogP contribution in [0.25, 0.3) is 22.2 Å². The van der Waals surface area contributed by atoms with E-state index >= 15 is 0 Å². The van der Waals surface area contributed by atoms with Crippen LogP contribution in [0.1, 0.15) is 18.4 Å². The molecule has 0 spiro atoms. The van der Waals surface area contributed by atoms with Gasteiger partial charge < -0.3 is 10.7 Å². The third-order valence-corrected chi connectivity index (χ3v) is 5.08. The van der Waals surface area contributed by atoms with Gasteiger partial charge in [0.05, 0.1) is 0 Å². The number of H-pyrrole nitrogens is 1. The molecule has 0 saturated carbocycles. The second kappa shape index (κ2) is 7.15. The maximum Gasteiger partial charge on any atom is 0.0497 e. The lowest BCUT2D eigenvalue weighted by Crippen LogP contribution is -1.99. The lowest BCUT2D eigenvalue weighted by atomic mass is 10.0. The lowest BCUT2D eigenvalue weighted by Gasteiger charge is -2.05. The number of aryl methyl sites for hydroxylation is 1. The van der Waals surface area contributed by atoms with Gasteiger partial charge in [-0.25, -0.2) is 0 Å². The quantitative estimate of drug-likeness (QED) is 0.377.